The quantitative estimate of drug-likeness (QED) is 0.736. The first kappa shape index (κ1) is 17.4. The number of hydrogen-bond donors (Lipinski definition) is 1. The fourth-order valence-corrected chi connectivity index (χ4v) is 3.79. The van der Waals surface area contributed by atoms with Crippen molar-refractivity contribution >= 4 is 44.8 Å². The Morgan fingerprint density at radius 1 is 1.11 bits per heavy atom. The topological polar surface area (TPSA) is 74.7 Å². The van der Waals surface area contributed by atoms with Crippen molar-refractivity contribution in [3.05, 3.63) is 59.6 Å². The van der Waals surface area contributed by atoms with Gasteiger partial charge in [0.15, 0.2) is 0 Å². The number of carbonyl (C=O) groups is 2. The van der Waals surface area contributed by atoms with Crippen LogP contribution in [0.4, 0.5) is 5.82 Å². The van der Waals surface area contributed by atoms with Crippen LogP contribution < -0.4 is 5.32 Å². The van der Waals surface area contributed by atoms with Gasteiger partial charge in [-0.15, -0.1) is 11.3 Å². The number of nitrogens with zero attached hydrogens (tertiary/aromatic N) is 3. The van der Waals surface area contributed by atoms with Gasteiger partial charge in [0.05, 0.1) is 12.3 Å². The standard InChI is InChI=1S/C20H18N4O2S/c25-18(22-20-15-10-13-27-17(15)8-11-21-20)6-7-19(26)24-12-9-16(23-24)14-4-2-1-3-5-14/h1-5,8,10-11,13H,6-7,9,12H2,(H,21,22,25). The fourth-order valence-electron chi connectivity index (χ4n) is 3.01. The summed E-state index contributed by atoms with van der Waals surface area (Å²) in [6.45, 7) is 0.556. The van der Waals surface area contributed by atoms with E-state index in [1.54, 1.807) is 17.5 Å². The lowest BCUT2D eigenvalue weighted by atomic mass is 10.1. The van der Waals surface area contributed by atoms with Gasteiger partial charge in [-0.25, -0.2) is 9.99 Å². The maximum atomic E-state index is 12.4. The minimum atomic E-state index is -0.221. The highest BCUT2D eigenvalue weighted by Crippen LogP contribution is 2.25. The number of aromatic nitrogens is 1. The van der Waals surface area contributed by atoms with Gasteiger partial charge in [0, 0.05) is 35.5 Å². The average molecular weight is 378 g/mol. The van der Waals surface area contributed by atoms with E-state index < -0.39 is 0 Å². The van der Waals surface area contributed by atoms with Gasteiger partial charge in [-0.2, -0.15) is 5.10 Å². The predicted octanol–water partition coefficient (Wildman–Crippen LogP) is 3.65. The molecule has 0 unspecified atom stereocenters. The normalized spacial score (nSPS) is 13.6. The summed E-state index contributed by atoms with van der Waals surface area (Å²) < 4.78 is 1.07. The Morgan fingerprint density at radius 2 is 1.96 bits per heavy atom. The molecule has 1 aliphatic rings. The minimum Gasteiger partial charge on any atom is -0.310 e. The molecule has 0 atom stereocenters. The Balaban J connectivity index is 1.33. The van der Waals surface area contributed by atoms with Crippen LogP contribution in [-0.2, 0) is 9.59 Å². The van der Waals surface area contributed by atoms with Gasteiger partial charge in [-0.1, -0.05) is 30.3 Å². The summed E-state index contributed by atoms with van der Waals surface area (Å²) in [5.41, 5.74) is 1.93. The first-order valence-electron chi connectivity index (χ1n) is 8.76. The van der Waals surface area contributed by atoms with Crippen LogP contribution in [0.25, 0.3) is 10.1 Å². The number of amides is 2. The molecule has 0 saturated heterocycles. The second kappa shape index (κ2) is 7.67. The molecule has 0 saturated carbocycles. The molecule has 27 heavy (non-hydrogen) atoms. The van der Waals surface area contributed by atoms with E-state index in [4.69, 9.17) is 0 Å². The van der Waals surface area contributed by atoms with E-state index in [-0.39, 0.29) is 24.7 Å². The van der Waals surface area contributed by atoms with Crippen molar-refractivity contribution in [2.24, 2.45) is 5.10 Å². The van der Waals surface area contributed by atoms with Gasteiger partial charge in [0.1, 0.15) is 5.82 Å². The third-order valence-corrected chi connectivity index (χ3v) is 5.28. The third kappa shape index (κ3) is 3.88. The summed E-state index contributed by atoms with van der Waals surface area (Å²) in [5.74, 6) is 0.176. The van der Waals surface area contributed by atoms with Gasteiger partial charge < -0.3 is 5.32 Å². The lowest BCUT2D eigenvalue weighted by Gasteiger charge is -2.11. The van der Waals surface area contributed by atoms with Crippen LogP contribution in [0.1, 0.15) is 24.8 Å². The van der Waals surface area contributed by atoms with Crippen LogP contribution >= 0.6 is 11.3 Å². The molecule has 3 aromatic rings. The summed E-state index contributed by atoms with van der Waals surface area (Å²) in [6.07, 6.45) is 2.63. The summed E-state index contributed by atoms with van der Waals surface area (Å²) in [4.78, 5) is 28.8. The molecule has 1 N–H and O–H groups in total. The first-order chi connectivity index (χ1) is 13.2. The van der Waals surface area contributed by atoms with Crippen molar-refractivity contribution in [2.45, 2.75) is 19.3 Å². The number of hydrazone groups is 1. The lowest BCUT2D eigenvalue weighted by molar-refractivity contribution is -0.132. The zero-order chi connectivity index (χ0) is 18.6. The van der Waals surface area contributed by atoms with E-state index in [9.17, 15) is 9.59 Å². The van der Waals surface area contributed by atoms with Gasteiger partial charge >= 0.3 is 0 Å². The van der Waals surface area contributed by atoms with Gasteiger partial charge in [0.2, 0.25) is 11.8 Å². The summed E-state index contributed by atoms with van der Waals surface area (Å²) in [7, 11) is 0. The molecule has 0 radical (unpaired) electrons. The Labute approximate surface area is 160 Å². The number of rotatable bonds is 5. The average Bonchev–Trinajstić information content (AvgIpc) is 3.37. The highest BCUT2D eigenvalue weighted by molar-refractivity contribution is 7.17. The summed E-state index contributed by atoms with van der Waals surface area (Å²) in [5, 5.41) is 11.6. The number of pyridine rings is 1. The van der Waals surface area contributed by atoms with E-state index in [1.807, 2.05) is 47.8 Å². The zero-order valence-electron chi connectivity index (χ0n) is 14.6. The second-order valence-electron chi connectivity index (χ2n) is 6.22. The van der Waals surface area contributed by atoms with E-state index in [0.29, 0.717) is 12.4 Å². The molecular formula is C20H18N4O2S. The van der Waals surface area contributed by atoms with Crippen molar-refractivity contribution < 1.29 is 9.59 Å². The second-order valence-corrected chi connectivity index (χ2v) is 7.17. The summed E-state index contributed by atoms with van der Waals surface area (Å²) >= 11 is 1.60. The Bertz CT molecular complexity index is 1010. The fraction of sp³-hybridized carbons (Fsp3) is 0.200. The molecule has 7 heteroatoms. The third-order valence-electron chi connectivity index (χ3n) is 4.40. The highest BCUT2D eigenvalue weighted by atomic mass is 32.1. The molecule has 2 amide bonds. The first-order valence-corrected chi connectivity index (χ1v) is 9.64. The van der Waals surface area contributed by atoms with Crippen LogP contribution in [0, 0.1) is 0 Å². The van der Waals surface area contributed by atoms with Crippen LogP contribution in [0.15, 0.2) is 59.1 Å². The molecule has 4 rings (SSSR count). The van der Waals surface area contributed by atoms with Crippen molar-refractivity contribution in [1.82, 2.24) is 9.99 Å². The molecule has 0 spiro atoms. The SMILES string of the molecule is O=C(CCC(=O)N1CCC(c2ccccc2)=N1)Nc1nccc2sccc12. The Hall–Kier alpha value is -3.06. The number of thiophene rings is 1. The maximum Gasteiger partial charge on any atom is 0.243 e. The molecule has 0 aliphatic carbocycles. The number of carbonyl (C=O) groups excluding carboxylic acids is 2. The number of anilines is 1. The molecule has 6 nitrogen and oxygen atoms in total. The largest absolute Gasteiger partial charge is 0.310 e. The van der Waals surface area contributed by atoms with Gasteiger partial charge in [0.25, 0.3) is 0 Å². The van der Waals surface area contributed by atoms with E-state index in [2.05, 4.69) is 15.4 Å². The Morgan fingerprint density at radius 3 is 2.81 bits per heavy atom. The number of nitrogens with one attached hydrogen (secondary N) is 1. The smallest absolute Gasteiger partial charge is 0.243 e. The molecule has 1 aliphatic heterocycles. The number of benzene rings is 1. The molecular weight excluding hydrogens is 360 g/mol. The monoisotopic (exact) mass is 378 g/mol. The van der Waals surface area contributed by atoms with E-state index >= 15 is 0 Å². The van der Waals surface area contributed by atoms with Crippen molar-refractivity contribution in [3.8, 4) is 0 Å². The highest BCUT2D eigenvalue weighted by Gasteiger charge is 2.22. The molecule has 0 bridgehead atoms. The van der Waals surface area contributed by atoms with Crippen molar-refractivity contribution in [3.63, 3.8) is 0 Å². The number of fused-ring (bicyclic) bond motifs is 1. The summed E-state index contributed by atoms with van der Waals surface area (Å²) in [6, 6.07) is 13.7. The lowest BCUT2D eigenvalue weighted by Crippen LogP contribution is -2.25. The Kier molecular flexibility index (Phi) is 4.93. The van der Waals surface area contributed by atoms with Crippen LogP contribution in [0.3, 0.4) is 0 Å². The molecule has 3 heterocycles. The predicted molar refractivity (Wildman–Crippen MR) is 107 cm³/mol. The van der Waals surface area contributed by atoms with Crippen molar-refractivity contribution in [2.75, 3.05) is 11.9 Å². The van der Waals surface area contributed by atoms with E-state index in [1.165, 1.54) is 5.01 Å². The number of hydrogen-bond acceptors (Lipinski definition) is 5. The van der Waals surface area contributed by atoms with Crippen LogP contribution in [-0.4, -0.2) is 34.1 Å². The van der Waals surface area contributed by atoms with E-state index in [0.717, 1.165) is 27.8 Å². The van der Waals surface area contributed by atoms with Gasteiger partial charge in [-0.05, 0) is 23.1 Å². The van der Waals surface area contributed by atoms with Crippen LogP contribution in [0.5, 0.6) is 0 Å². The molecule has 136 valence electrons. The van der Waals surface area contributed by atoms with Gasteiger partial charge in [-0.3, -0.25) is 9.59 Å². The maximum absolute atomic E-state index is 12.4. The zero-order valence-corrected chi connectivity index (χ0v) is 15.4. The molecule has 2 aromatic heterocycles. The molecule has 0 fully saturated rings. The molecule has 1 aromatic carbocycles. The van der Waals surface area contributed by atoms with Crippen molar-refractivity contribution in [1.29, 1.82) is 0 Å². The van der Waals surface area contributed by atoms with Crippen LogP contribution in [0.2, 0.25) is 0 Å². The minimum absolute atomic E-state index is 0.105.